The Labute approximate surface area is 233 Å². The molecule has 0 saturated carbocycles. The molecule has 0 bridgehead atoms. The lowest BCUT2D eigenvalue weighted by Crippen LogP contribution is -2.50. The molecule has 39 heavy (non-hydrogen) atoms. The van der Waals surface area contributed by atoms with Crippen molar-refractivity contribution in [1.29, 1.82) is 5.41 Å². The molecule has 1 aromatic heterocycles. The summed E-state index contributed by atoms with van der Waals surface area (Å²) in [5.41, 5.74) is 0.159. The monoisotopic (exact) mass is 592 g/mol. The normalized spacial score (nSPS) is 17.5. The topological polar surface area (TPSA) is 122 Å². The van der Waals surface area contributed by atoms with E-state index in [4.69, 9.17) is 22.1 Å². The fourth-order valence-corrected chi connectivity index (χ4v) is 8.16. The Hall–Kier alpha value is -3.06. The lowest BCUT2D eigenvalue weighted by molar-refractivity contribution is -0.143. The summed E-state index contributed by atoms with van der Waals surface area (Å²) in [6.45, 7) is 1.18. The van der Waals surface area contributed by atoms with Gasteiger partial charge in [-0.2, -0.15) is 4.31 Å². The number of thiophene rings is 1. The predicted molar refractivity (Wildman–Crippen MR) is 147 cm³/mol. The largest absolute Gasteiger partial charge is 0.481 e. The average molecular weight is 593 g/mol. The summed E-state index contributed by atoms with van der Waals surface area (Å²) >= 11 is 7.17. The van der Waals surface area contributed by atoms with Crippen molar-refractivity contribution in [3.8, 4) is 0 Å². The van der Waals surface area contributed by atoms with Crippen molar-refractivity contribution < 1.29 is 27.5 Å². The third-order valence-electron chi connectivity index (χ3n) is 7.21. The minimum Gasteiger partial charge on any atom is -0.481 e. The maximum absolute atomic E-state index is 15.0. The lowest BCUT2D eigenvalue weighted by atomic mass is 9.96. The van der Waals surface area contributed by atoms with Crippen LogP contribution in [0, 0.1) is 17.1 Å². The molecule has 0 atom stereocenters. The van der Waals surface area contributed by atoms with Crippen molar-refractivity contribution in [3.05, 3.63) is 64.4 Å². The highest BCUT2D eigenvalue weighted by atomic mass is 35.5. The number of halogens is 2. The Balaban J connectivity index is 1.22. The summed E-state index contributed by atoms with van der Waals surface area (Å²) in [7, 11) is -3.76. The van der Waals surface area contributed by atoms with Crippen LogP contribution in [0.25, 0.3) is 10.1 Å². The van der Waals surface area contributed by atoms with E-state index in [9.17, 15) is 18.0 Å². The van der Waals surface area contributed by atoms with E-state index in [0.717, 1.165) is 27.5 Å². The van der Waals surface area contributed by atoms with Crippen LogP contribution in [0.5, 0.6) is 0 Å². The van der Waals surface area contributed by atoms with Gasteiger partial charge in [0.25, 0.3) is 15.9 Å². The number of carbonyl (C=O) groups is 2. The molecule has 9 nitrogen and oxygen atoms in total. The molecule has 2 fully saturated rings. The number of fused-ring (bicyclic) bond motifs is 1. The van der Waals surface area contributed by atoms with Crippen LogP contribution in [0.2, 0.25) is 5.02 Å². The number of rotatable bonds is 5. The molecule has 1 amide bonds. The Morgan fingerprint density at radius 1 is 0.974 bits per heavy atom. The van der Waals surface area contributed by atoms with Gasteiger partial charge in [-0.05, 0) is 48.6 Å². The number of carboxylic acid groups (broad SMARTS) is 1. The van der Waals surface area contributed by atoms with E-state index in [-0.39, 0.29) is 41.8 Å². The van der Waals surface area contributed by atoms with Gasteiger partial charge in [-0.15, -0.1) is 11.3 Å². The average Bonchev–Trinajstić information content (AvgIpc) is 3.36. The molecule has 2 aromatic carbocycles. The zero-order chi connectivity index (χ0) is 27.9. The Morgan fingerprint density at radius 2 is 1.67 bits per heavy atom. The van der Waals surface area contributed by atoms with Crippen molar-refractivity contribution in [3.63, 3.8) is 0 Å². The van der Waals surface area contributed by atoms with Gasteiger partial charge < -0.3 is 14.9 Å². The summed E-state index contributed by atoms with van der Waals surface area (Å²) in [5, 5.41) is 18.9. The maximum Gasteiger partial charge on any atom is 0.306 e. The molecular weight excluding hydrogens is 567 g/mol. The van der Waals surface area contributed by atoms with Gasteiger partial charge in [-0.3, -0.25) is 15.0 Å². The molecule has 2 aliphatic heterocycles. The number of nitrogens with one attached hydrogen (secondary N) is 1. The molecule has 5 rings (SSSR count). The number of likely N-dealkylation sites (tertiary alicyclic amines) is 1. The fourth-order valence-electron chi connectivity index (χ4n) is 4.91. The first kappa shape index (κ1) is 27.5. The molecular formula is C26H26ClFN4O5S2. The Bertz CT molecular complexity index is 1560. The molecule has 2 aliphatic rings. The van der Waals surface area contributed by atoms with Gasteiger partial charge in [0.15, 0.2) is 0 Å². The van der Waals surface area contributed by atoms with Crippen molar-refractivity contribution >= 4 is 60.8 Å². The Kier molecular flexibility index (Phi) is 7.64. The zero-order valence-electron chi connectivity index (χ0n) is 20.8. The molecule has 206 valence electrons. The summed E-state index contributed by atoms with van der Waals surface area (Å²) in [6, 6.07) is 10.8. The van der Waals surface area contributed by atoms with Crippen LogP contribution in [0.4, 0.5) is 4.39 Å². The summed E-state index contributed by atoms with van der Waals surface area (Å²) in [5.74, 6) is -2.51. The molecule has 13 heteroatoms. The number of sulfonamides is 1. The second-order valence-electron chi connectivity index (χ2n) is 9.59. The molecule has 0 spiro atoms. The molecule has 0 radical (unpaired) electrons. The number of piperidine rings is 1. The van der Waals surface area contributed by atoms with Crippen LogP contribution in [-0.4, -0.2) is 84.6 Å². The van der Waals surface area contributed by atoms with Crippen LogP contribution < -0.4 is 0 Å². The van der Waals surface area contributed by atoms with Gasteiger partial charge in [-0.1, -0.05) is 23.7 Å². The summed E-state index contributed by atoms with van der Waals surface area (Å²) < 4.78 is 43.7. The van der Waals surface area contributed by atoms with E-state index >= 15 is 4.39 Å². The third-order valence-corrected chi connectivity index (χ3v) is 10.9. The van der Waals surface area contributed by atoms with E-state index in [1.165, 1.54) is 21.3 Å². The number of carboxylic acids is 1. The quantitative estimate of drug-likeness (QED) is 0.342. The standard InChI is InChI=1S/C26H26ClFN4O5S2/c27-19-3-1-17-14-23(38-22(17)15-19)39(36,37)32-11-9-31(10-12-32)25(33)20-4-2-18(13-21(20)28)24(29)30-7-5-16(6-8-30)26(34)35/h1-4,13-16,29H,5-12H2,(H,34,35). The zero-order valence-corrected chi connectivity index (χ0v) is 23.2. The first-order chi connectivity index (χ1) is 18.5. The number of amides is 1. The van der Waals surface area contributed by atoms with Crippen LogP contribution in [-0.2, 0) is 14.8 Å². The van der Waals surface area contributed by atoms with Crippen LogP contribution >= 0.6 is 22.9 Å². The highest BCUT2D eigenvalue weighted by Gasteiger charge is 2.33. The SMILES string of the molecule is N=C(c1ccc(C(=O)N2CCN(S(=O)(=O)c3cc4ccc(Cl)cc4s3)CC2)c(F)c1)N1CCC(C(=O)O)CC1. The van der Waals surface area contributed by atoms with E-state index in [0.29, 0.717) is 36.5 Å². The molecule has 2 N–H and O–H groups in total. The van der Waals surface area contributed by atoms with Crippen LogP contribution in [0.3, 0.4) is 0 Å². The molecule has 0 unspecified atom stereocenters. The first-order valence-electron chi connectivity index (χ1n) is 12.4. The number of aliphatic carboxylic acids is 1. The lowest BCUT2D eigenvalue weighted by Gasteiger charge is -2.34. The summed E-state index contributed by atoms with van der Waals surface area (Å²) in [4.78, 5) is 27.4. The van der Waals surface area contributed by atoms with E-state index in [1.54, 1.807) is 29.2 Å². The predicted octanol–water partition coefficient (Wildman–Crippen LogP) is 3.96. The number of hydrogen-bond acceptors (Lipinski definition) is 6. The highest BCUT2D eigenvalue weighted by Crippen LogP contribution is 2.33. The van der Waals surface area contributed by atoms with E-state index < -0.39 is 33.6 Å². The van der Waals surface area contributed by atoms with Gasteiger partial charge in [0.2, 0.25) is 0 Å². The number of piperazine rings is 1. The molecule has 0 aliphatic carbocycles. The second-order valence-corrected chi connectivity index (χ2v) is 13.3. The number of hydrogen-bond donors (Lipinski definition) is 2. The number of carbonyl (C=O) groups excluding carboxylic acids is 1. The van der Waals surface area contributed by atoms with Crippen LogP contribution in [0.1, 0.15) is 28.8 Å². The summed E-state index contributed by atoms with van der Waals surface area (Å²) in [6.07, 6.45) is 0.825. The highest BCUT2D eigenvalue weighted by molar-refractivity contribution is 7.91. The number of amidine groups is 1. The van der Waals surface area contributed by atoms with Crippen molar-refractivity contribution in [2.24, 2.45) is 5.92 Å². The van der Waals surface area contributed by atoms with E-state index in [1.807, 2.05) is 0 Å². The van der Waals surface area contributed by atoms with Crippen LogP contribution in [0.15, 0.2) is 46.7 Å². The molecule has 2 saturated heterocycles. The Morgan fingerprint density at radius 3 is 2.31 bits per heavy atom. The van der Waals surface area contributed by atoms with E-state index in [2.05, 4.69) is 0 Å². The van der Waals surface area contributed by atoms with Crippen molar-refractivity contribution in [1.82, 2.24) is 14.1 Å². The first-order valence-corrected chi connectivity index (χ1v) is 15.0. The van der Waals surface area contributed by atoms with Gasteiger partial charge in [0, 0.05) is 54.6 Å². The van der Waals surface area contributed by atoms with Gasteiger partial charge in [-0.25, -0.2) is 12.8 Å². The minimum atomic E-state index is -3.76. The smallest absolute Gasteiger partial charge is 0.306 e. The fraction of sp³-hybridized carbons (Fsp3) is 0.346. The van der Waals surface area contributed by atoms with Crippen molar-refractivity contribution in [2.75, 3.05) is 39.3 Å². The number of nitrogens with zero attached hydrogens (tertiary/aromatic N) is 3. The van der Waals surface area contributed by atoms with Gasteiger partial charge in [0.05, 0.1) is 11.5 Å². The number of benzene rings is 2. The van der Waals surface area contributed by atoms with Gasteiger partial charge >= 0.3 is 5.97 Å². The molecule has 3 heterocycles. The second kappa shape index (κ2) is 10.8. The third kappa shape index (κ3) is 5.51. The molecule has 3 aromatic rings. The maximum atomic E-state index is 15.0. The minimum absolute atomic E-state index is 0.0825. The van der Waals surface area contributed by atoms with Crippen molar-refractivity contribution in [2.45, 2.75) is 17.1 Å². The van der Waals surface area contributed by atoms with Gasteiger partial charge in [0.1, 0.15) is 15.9 Å².